The number of rotatable bonds is 6. The minimum Gasteiger partial charge on any atom is -0.378 e. The van der Waals surface area contributed by atoms with Crippen LogP contribution in [-0.2, 0) is 21.3 Å². The molecule has 7 nitrogen and oxygen atoms in total. The van der Waals surface area contributed by atoms with Gasteiger partial charge in [-0.25, -0.2) is 12.8 Å². The Morgan fingerprint density at radius 3 is 2.34 bits per heavy atom. The maximum atomic E-state index is 13.2. The first-order valence-corrected chi connectivity index (χ1v) is 12.4. The highest BCUT2D eigenvalue weighted by molar-refractivity contribution is 7.89. The molecule has 2 aromatic rings. The van der Waals surface area contributed by atoms with Crippen LogP contribution in [0.3, 0.4) is 0 Å². The topological polar surface area (TPSA) is 79.0 Å². The highest BCUT2D eigenvalue weighted by atomic mass is 32.2. The number of morpholine rings is 1. The Labute approximate surface area is 188 Å². The second-order valence-corrected chi connectivity index (χ2v) is 9.99. The van der Waals surface area contributed by atoms with Gasteiger partial charge < -0.3 is 15.0 Å². The fourth-order valence-electron chi connectivity index (χ4n) is 4.07. The molecule has 0 spiro atoms. The van der Waals surface area contributed by atoms with Crippen molar-refractivity contribution in [2.75, 3.05) is 44.3 Å². The Bertz CT molecular complexity index is 1050. The number of anilines is 1. The summed E-state index contributed by atoms with van der Waals surface area (Å²) in [6.45, 7) is 3.55. The Kier molecular flexibility index (Phi) is 7.07. The van der Waals surface area contributed by atoms with Gasteiger partial charge in [0.05, 0.1) is 23.7 Å². The van der Waals surface area contributed by atoms with Crippen LogP contribution in [0.2, 0.25) is 0 Å². The van der Waals surface area contributed by atoms with Gasteiger partial charge in [0.15, 0.2) is 0 Å². The van der Waals surface area contributed by atoms with Crippen molar-refractivity contribution < 1.29 is 22.3 Å². The van der Waals surface area contributed by atoms with E-state index in [4.69, 9.17) is 4.74 Å². The molecule has 0 aliphatic carbocycles. The second-order valence-electron chi connectivity index (χ2n) is 8.05. The van der Waals surface area contributed by atoms with E-state index in [9.17, 15) is 17.6 Å². The Morgan fingerprint density at radius 2 is 1.66 bits per heavy atom. The third-order valence-corrected chi connectivity index (χ3v) is 7.78. The SMILES string of the molecule is O=C(NCc1ccc(F)cc1)c1cc(S(=O)(=O)N2CCCCC2)ccc1N1CCOCC1. The number of amides is 1. The molecule has 0 unspecified atom stereocenters. The minimum atomic E-state index is -3.67. The van der Waals surface area contributed by atoms with E-state index in [1.165, 1.54) is 22.5 Å². The maximum absolute atomic E-state index is 13.2. The molecule has 2 fully saturated rings. The van der Waals surface area contributed by atoms with Gasteiger partial charge in [-0.1, -0.05) is 18.6 Å². The lowest BCUT2D eigenvalue weighted by Crippen LogP contribution is -2.38. The Hall–Kier alpha value is -2.49. The molecule has 0 radical (unpaired) electrons. The van der Waals surface area contributed by atoms with Crippen LogP contribution in [0.15, 0.2) is 47.4 Å². The van der Waals surface area contributed by atoms with E-state index in [1.807, 2.05) is 4.90 Å². The first kappa shape index (κ1) is 22.7. The standard InChI is InChI=1S/C23H28FN3O4S/c24-19-6-4-18(5-7-19)17-25-23(28)21-16-20(32(29,30)27-10-2-1-3-11-27)8-9-22(21)26-12-14-31-15-13-26/h4-9,16H,1-3,10-15,17H2,(H,25,28). The van der Waals surface area contributed by atoms with Crippen molar-refractivity contribution >= 4 is 21.6 Å². The van der Waals surface area contributed by atoms with Crippen LogP contribution in [0.5, 0.6) is 0 Å². The number of ether oxygens (including phenoxy) is 1. The highest BCUT2D eigenvalue weighted by Gasteiger charge is 2.28. The summed E-state index contributed by atoms with van der Waals surface area (Å²) in [5.74, 6) is -0.711. The Balaban J connectivity index is 1.62. The molecule has 2 saturated heterocycles. The summed E-state index contributed by atoms with van der Waals surface area (Å²) in [4.78, 5) is 15.3. The molecule has 1 amide bonds. The largest absolute Gasteiger partial charge is 0.378 e. The predicted octanol–water partition coefficient (Wildman–Crippen LogP) is 2.77. The molecular formula is C23H28FN3O4S. The van der Waals surface area contributed by atoms with E-state index in [0.29, 0.717) is 50.6 Å². The lowest BCUT2D eigenvalue weighted by molar-refractivity contribution is 0.0949. The van der Waals surface area contributed by atoms with Crippen molar-refractivity contribution in [3.8, 4) is 0 Å². The number of carbonyl (C=O) groups is 1. The van der Waals surface area contributed by atoms with Gasteiger partial charge in [0.1, 0.15) is 5.82 Å². The van der Waals surface area contributed by atoms with Crippen molar-refractivity contribution in [3.05, 3.63) is 59.4 Å². The van der Waals surface area contributed by atoms with Crippen molar-refractivity contribution in [1.82, 2.24) is 9.62 Å². The lowest BCUT2D eigenvalue weighted by atomic mass is 10.1. The molecular weight excluding hydrogens is 433 g/mol. The summed E-state index contributed by atoms with van der Waals surface area (Å²) in [6, 6.07) is 10.7. The summed E-state index contributed by atoms with van der Waals surface area (Å²) in [7, 11) is -3.67. The molecule has 9 heteroatoms. The maximum Gasteiger partial charge on any atom is 0.253 e. The average Bonchev–Trinajstić information content (AvgIpc) is 2.84. The van der Waals surface area contributed by atoms with Crippen LogP contribution in [-0.4, -0.2) is 58.0 Å². The molecule has 2 aliphatic heterocycles. The smallest absolute Gasteiger partial charge is 0.253 e. The van der Waals surface area contributed by atoms with Crippen LogP contribution in [0.25, 0.3) is 0 Å². The van der Waals surface area contributed by atoms with Crippen LogP contribution in [0, 0.1) is 5.82 Å². The van der Waals surface area contributed by atoms with Gasteiger partial charge in [-0.2, -0.15) is 4.31 Å². The van der Waals surface area contributed by atoms with Crippen molar-refractivity contribution in [2.24, 2.45) is 0 Å². The first-order chi connectivity index (χ1) is 15.4. The molecule has 32 heavy (non-hydrogen) atoms. The minimum absolute atomic E-state index is 0.128. The fraction of sp³-hybridized carbons (Fsp3) is 0.435. The number of sulfonamides is 1. The van der Waals surface area contributed by atoms with E-state index in [1.54, 1.807) is 24.3 Å². The summed E-state index contributed by atoms with van der Waals surface area (Å²) < 4.78 is 46.4. The van der Waals surface area contributed by atoms with Crippen LogP contribution >= 0.6 is 0 Å². The normalized spacial score (nSPS) is 17.8. The third-order valence-electron chi connectivity index (χ3n) is 5.88. The molecule has 2 aromatic carbocycles. The van der Waals surface area contributed by atoms with Crippen LogP contribution in [0.4, 0.5) is 10.1 Å². The van der Waals surface area contributed by atoms with Crippen molar-refractivity contribution in [1.29, 1.82) is 0 Å². The molecule has 0 bridgehead atoms. The number of piperidine rings is 1. The number of benzene rings is 2. The van der Waals surface area contributed by atoms with E-state index < -0.39 is 10.0 Å². The molecule has 0 saturated carbocycles. The highest BCUT2D eigenvalue weighted by Crippen LogP contribution is 2.28. The number of hydrogen-bond acceptors (Lipinski definition) is 5. The zero-order valence-electron chi connectivity index (χ0n) is 17.9. The first-order valence-electron chi connectivity index (χ1n) is 10.9. The fourth-order valence-corrected chi connectivity index (χ4v) is 5.62. The average molecular weight is 462 g/mol. The summed E-state index contributed by atoms with van der Waals surface area (Å²) in [6.07, 6.45) is 2.71. The van der Waals surface area contributed by atoms with Gasteiger partial charge in [0.2, 0.25) is 10.0 Å². The number of carbonyl (C=O) groups excluding carboxylic acids is 1. The third kappa shape index (κ3) is 5.11. The number of halogens is 1. The van der Waals surface area contributed by atoms with Crippen LogP contribution in [0.1, 0.15) is 35.2 Å². The summed E-state index contributed by atoms with van der Waals surface area (Å²) in [5, 5.41) is 2.84. The quantitative estimate of drug-likeness (QED) is 0.716. The number of nitrogens with zero attached hydrogens (tertiary/aromatic N) is 2. The molecule has 0 aromatic heterocycles. The molecule has 4 rings (SSSR count). The van der Waals surface area contributed by atoms with E-state index >= 15 is 0 Å². The van der Waals surface area contributed by atoms with Gasteiger partial charge in [0.25, 0.3) is 5.91 Å². The number of hydrogen-bond donors (Lipinski definition) is 1. The van der Waals surface area contributed by atoms with Gasteiger partial charge in [-0.3, -0.25) is 4.79 Å². The molecule has 1 N–H and O–H groups in total. The molecule has 172 valence electrons. The summed E-state index contributed by atoms with van der Waals surface area (Å²) in [5.41, 5.74) is 1.75. The van der Waals surface area contributed by atoms with Crippen molar-refractivity contribution in [3.63, 3.8) is 0 Å². The van der Waals surface area contributed by atoms with Gasteiger partial charge >= 0.3 is 0 Å². The van der Waals surface area contributed by atoms with Gasteiger partial charge in [-0.15, -0.1) is 0 Å². The predicted molar refractivity (Wildman–Crippen MR) is 120 cm³/mol. The second kappa shape index (κ2) is 9.97. The zero-order chi connectivity index (χ0) is 22.6. The van der Waals surface area contributed by atoms with Crippen LogP contribution < -0.4 is 10.2 Å². The number of nitrogens with one attached hydrogen (secondary N) is 1. The van der Waals surface area contributed by atoms with E-state index in [2.05, 4.69) is 5.32 Å². The van der Waals surface area contributed by atoms with Gasteiger partial charge in [0, 0.05) is 38.4 Å². The van der Waals surface area contributed by atoms with Crippen molar-refractivity contribution in [2.45, 2.75) is 30.7 Å². The van der Waals surface area contributed by atoms with E-state index in [-0.39, 0.29) is 23.2 Å². The molecule has 2 heterocycles. The van der Waals surface area contributed by atoms with E-state index in [0.717, 1.165) is 24.8 Å². The summed E-state index contributed by atoms with van der Waals surface area (Å²) >= 11 is 0. The molecule has 0 atom stereocenters. The monoisotopic (exact) mass is 461 g/mol. The Morgan fingerprint density at radius 1 is 0.969 bits per heavy atom. The lowest BCUT2D eigenvalue weighted by Gasteiger charge is -2.31. The molecule has 2 aliphatic rings. The van der Waals surface area contributed by atoms with Gasteiger partial charge in [-0.05, 0) is 48.7 Å². The zero-order valence-corrected chi connectivity index (χ0v) is 18.7.